The van der Waals surface area contributed by atoms with Gasteiger partial charge in [0.1, 0.15) is 0 Å². The number of carbonyl (C=O) groups is 1. The van der Waals surface area contributed by atoms with E-state index in [2.05, 4.69) is 4.98 Å². The fraction of sp³-hybridized carbons (Fsp3) is 0.500. The lowest BCUT2D eigenvalue weighted by Gasteiger charge is -2.10. The topological polar surface area (TPSA) is 48.4 Å². The summed E-state index contributed by atoms with van der Waals surface area (Å²) in [6, 6.07) is 1.79. The molecule has 1 aromatic heterocycles. The number of rotatable bonds is 4. The zero-order valence-electron chi connectivity index (χ0n) is 10.2. The van der Waals surface area contributed by atoms with Crippen molar-refractivity contribution in [3.05, 3.63) is 28.6 Å². The van der Waals surface area contributed by atoms with Gasteiger partial charge >= 0.3 is 5.97 Å². The summed E-state index contributed by atoms with van der Waals surface area (Å²) in [5.41, 5.74) is 3.00. The van der Waals surface area contributed by atoms with Crippen LogP contribution in [0.5, 0.6) is 0 Å². The number of carbonyl (C=O) groups excluding carboxylic acids is 1. The van der Waals surface area contributed by atoms with Crippen LogP contribution in [0.4, 0.5) is 0 Å². The van der Waals surface area contributed by atoms with Crippen LogP contribution in [0.3, 0.4) is 0 Å². The van der Waals surface area contributed by atoms with Crippen molar-refractivity contribution in [2.24, 2.45) is 0 Å². The minimum absolute atomic E-state index is 0.329. The van der Waals surface area contributed by atoms with E-state index in [1.165, 1.54) is 0 Å². The Balaban J connectivity index is 3.08. The molecule has 1 aromatic rings. The largest absolute Gasteiger partial charge is 0.462 e. The van der Waals surface area contributed by atoms with E-state index in [9.17, 15) is 4.79 Å². The van der Waals surface area contributed by atoms with Gasteiger partial charge in [-0.3, -0.25) is 4.98 Å². The van der Waals surface area contributed by atoms with Crippen LogP contribution in [0.15, 0.2) is 6.07 Å². The highest BCUT2D eigenvalue weighted by Gasteiger charge is 2.13. The molecule has 1 rings (SSSR count). The van der Waals surface area contributed by atoms with Gasteiger partial charge in [-0.1, -0.05) is 0 Å². The number of ether oxygens (including phenoxy) is 2. The molecule has 0 aliphatic carbocycles. The Bertz CT molecular complexity index is 388. The van der Waals surface area contributed by atoms with Gasteiger partial charge in [-0.05, 0) is 32.4 Å². The summed E-state index contributed by atoms with van der Waals surface area (Å²) in [5, 5.41) is 0. The highest BCUT2D eigenvalue weighted by atomic mass is 16.5. The molecule has 0 unspecified atom stereocenters. The van der Waals surface area contributed by atoms with Crippen molar-refractivity contribution in [2.45, 2.75) is 27.4 Å². The van der Waals surface area contributed by atoms with Crippen molar-refractivity contribution < 1.29 is 14.3 Å². The Kier molecular flexibility index (Phi) is 4.43. The van der Waals surface area contributed by atoms with Crippen molar-refractivity contribution in [2.75, 3.05) is 13.7 Å². The van der Waals surface area contributed by atoms with E-state index < -0.39 is 0 Å². The van der Waals surface area contributed by atoms with Crippen LogP contribution in [0.25, 0.3) is 0 Å². The normalized spacial score (nSPS) is 10.2. The molecule has 0 amide bonds. The van der Waals surface area contributed by atoms with E-state index in [4.69, 9.17) is 9.47 Å². The van der Waals surface area contributed by atoms with Crippen LogP contribution in [-0.4, -0.2) is 24.7 Å². The van der Waals surface area contributed by atoms with Gasteiger partial charge in [-0.2, -0.15) is 0 Å². The number of hydrogen-bond acceptors (Lipinski definition) is 4. The molecular weight excluding hydrogens is 206 g/mol. The Morgan fingerprint density at radius 2 is 2.06 bits per heavy atom. The molecule has 0 bridgehead atoms. The quantitative estimate of drug-likeness (QED) is 0.733. The Morgan fingerprint density at radius 1 is 1.38 bits per heavy atom. The summed E-state index contributed by atoms with van der Waals surface area (Å²) in [4.78, 5) is 15.9. The van der Waals surface area contributed by atoms with Crippen LogP contribution in [0, 0.1) is 13.8 Å². The van der Waals surface area contributed by atoms with Gasteiger partial charge in [-0.25, -0.2) is 4.79 Å². The summed E-state index contributed by atoms with van der Waals surface area (Å²) >= 11 is 0. The lowest BCUT2D eigenvalue weighted by atomic mass is 10.1. The van der Waals surface area contributed by atoms with E-state index in [-0.39, 0.29) is 5.97 Å². The molecule has 4 heteroatoms. The Morgan fingerprint density at radius 3 is 2.62 bits per heavy atom. The Labute approximate surface area is 95.6 Å². The van der Waals surface area contributed by atoms with Crippen LogP contribution in [0.2, 0.25) is 0 Å². The minimum atomic E-state index is -0.329. The fourth-order valence-corrected chi connectivity index (χ4v) is 1.48. The molecular formula is C12H17NO3. The highest BCUT2D eigenvalue weighted by Crippen LogP contribution is 2.14. The molecule has 0 saturated carbocycles. The van der Waals surface area contributed by atoms with Gasteiger partial charge in [0.15, 0.2) is 0 Å². The summed E-state index contributed by atoms with van der Waals surface area (Å²) in [5.74, 6) is -0.329. The van der Waals surface area contributed by atoms with Gasteiger partial charge in [0.2, 0.25) is 0 Å². The van der Waals surface area contributed by atoms with Crippen LogP contribution in [0.1, 0.15) is 34.2 Å². The van der Waals surface area contributed by atoms with Crippen LogP contribution >= 0.6 is 0 Å². The first-order chi connectivity index (χ1) is 7.60. The average Bonchev–Trinajstić information content (AvgIpc) is 2.22. The number of hydrogen-bond donors (Lipinski definition) is 0. The van der Waals surface area contributed by atoms with E-state index >= 15 is 0 Å². The van der Waals surface area contributed by atoms with E-state index in [0.717, 1.165) is 11.3 Å². The molecule has 0 aliphatic rings. The van der Waals surface area contributed by atoms with Crippen molar-refractivity contribution in [1.29, 1.82) is 0 Å². The third kappa shape index (κ3) is 2.79. The monoisotopic (exact) mass is 223 g/mol. The fourth-order valence-electron chi connectivity index (χ4n) is 1.48. The standard InChI is InChI=1S/C12H17NO3/c1-5-16-12(14)11-6-10(7-15-4)8(2)13-9(11)3/h6H,5,7H2,1-4H3. The number of esters is 1. The zero-order chi connectivity index (χ0) is 12.1. The van der Waals surface area contributed by atoms with Crippen LogP contribution in [-0.2, 0) is 16.1 Å². The average molecular weight is 223 g/mol. The molecule has 4 nitrogen and oxygen atoms in total. The van der Waals surface area contributed by atoms with Crippen molar-refractivity contribution >= 4 is 5.97 Å². The highest BCUT2D eigenvalue weighted by molar-refractivity contribution is 5.90. The van der Waals surface area contributed by atoms with Crippen LogP contribution < -0.4 is 0 Å². The maximum atomic E-state index is 11.6. The number of methoxy groups -OCH3 is 1. The van der Waals surface area contributed by atoms with E-state index in [1.807, 2.05) is 6.92 Å². The van der Waals surface area contributed by atoms with Crippen molar-refractivity contribution in [3.63, 3.8) is 0 Å². The summed E-state index contributed by atoms with van der Waals surface area (Å²) in [7, 11) is 1.61. The zero-order valence-corrected chi connectivity index (χ0v) is 10.2. The molecule has 0 radical (unpaired) electrons. The molecule has 0 aliphatic heterocycles. The Hall–Kier alpha value is -1.42. The van der Waals surface area contributed by atoms with Gasteiger partial charge in [0.05, 0.1) is 24.5 Å². The van der Waals surface area contributed by atoms with Gasteiger partial charge < -0.3 is 9.47 Å². The minimum Gasteiger partial charge on any atom is -0.462 e. The van der Waals surface area contributed by atoms with Gasteiger partial charge in [0.25, 0.3) is 0 Å². The molecule has 0 N–H and O–H groups in total. The first kappa shape index (κ1) is 12.6. The summed E-state index contributed by atoms with van der Waals surface area (Å²) in [6.45, 7) is 6.30. The van der Waals surface area contributed by atoms with E-state index in [1.54, 1.807) is 27.0 Å². The molecule has 0 aromatic carbocycles. The summed E-state index contributed by atoms with van der Waals surface area (Å²) in [6.07, 6.45) is 0. The number of aryl methyl sites for hydroxylation is 2. The molecule has 1 heterocycles. The first-order valence-corrected chi connectivity index (χ1v) is 5.23. The molecule has 0 spiro atoms. The maximum absolute atomic E-state index is 11.6. The second-order valence-electron chi connectivity index (χ2n) is 3.52. The molecule has 0 atom stereocenters. The molecule has 88 valence electrons. The second-order valence-corrected chi connectivity index (χ2v) is 3.52. The number of nitrogens with zero attached hydrogens (tertiary/aromatic N) is 1. The number of pyridine rings is 1. The third-order valence-electron chi connectivity index (χ3n) is 2.30. The van der Waals surface area contributed by atoms with Crippen molar-refractivity contribution in [3.8, 4) is 0 Å². The van der Waals surface area contributed by atoms with Gasteiger partial charge in [-0.15, -0.1) is 0 Å². The molecule has 16 heavy (non-hydrogen) atoms. The smallest absolute Gasteiger partial charge is 0.339 e. The third-order valence-corrected chi connectivity index (χ3v) is 2.30. The predicted molar refractivity (Wildman–Crippen MR) is 60.4 cm³/mol. The predicted octanol–water partition coefficient (Wildman–Crippen LogP) is 2.02. The second kappa shape index (κ2) is 5.61. The lowest BCUT2D eigenvalue weighted by molar-refractivity contribution is 0.0524. The molecule has 0 saturated heterocycles. The summed E-state index contributed by atoms with van der Waals surface area (Å²) < 4.78 is 10.0. The first-order valence-electron chi connectivity index (χ1n) is 5.23. The van der Waals surface area contributed by atoms with E-state index in [0.29, 0.717) is 24.5 Å². The lowest BCUT2D eigenvalue weighted by Crippen LogP contribution is -2.10. The van der Waals surface area contributed by atoms with Gasteiger partial charge in [0, 0.05) is 12.8 Å². The molecule has 0 fully saturated rings. The number of aromatic nitrogens is 1. The maximum Gasteiger partial charge on any atom is 0.339 e. The SMILES string of the molecule is CCOC(=O)c1cc(COC)c(C)nc1C. The van der Waals surface area contributed by atoms with Crippen molar-refractivity contribution in [1.82, 2.24) is 4.98 Å².